The Bertz CT molecular complexity index is 1150. The molecule has 1 amide bonds. The normalized spacial score (nSPS) is 17.9. The third-order valence-corrected chi connectivity index (χ3v) is 5.18. The number of pyridine rings is 1. The molecule has 4 rings (SSSR count). The molecule has 30 heavy (non-hydrogen) atoms. The highest BCUT2D eigenvalue weighted by Gasteiger charge is 2.47. The number of methoxy groups -OCH3 is 1. The van der Waals surface area contributed by atoms with Crippen molar-refractivity contribution in [3.63, 3.8) is 0 Å². The standard InChI is InChI=1S/C23H17ClN2O4/c1-30-17-11-10-15(13-16(17)24)21(27)19-20(14-7-3-2-4-8-14)26(23(29)22(19)28)18-9-5-6-12-25-18/h2-13,20,27H,1H3/b21-19+/t20-/m0/s1. The van der Waals surface area contributed by atoms with Gasteiger partial charge in [0.15, 0.2) is 0 Å². The second kappa shape index (κ2) is 8.00. The third-order valence-electron chi connectivity index (χ3n) is 4.88. The van der Waals surface area contributed by atoms with E-state index in [4.69, 9.17) is 16.3 Å². The smallest absolute Gasteiger partial charge is 0.301 e. The fraction of sp³-hybridized carbons (Fsp3) is 0.0870. The number of ether oxygens (including phenoxy) is 1. The van der Waals surface area contributed by atoms with E-state index < -0.39 is 17.7 Å². The average molecular weight is 421 g/mol. The van der Waals surface area contributed by atoms with Crippen molar-refractivity contribution in [2.75, 3.05) is 12.0 Å². The van der Waals surface area contributed by atoms with Crippen molar-refractivity contribution in [1.29, 1.82) is 0 Å². The van der Waals surface area contributed by atoms with E-state index >= 15 is 0 Å². The number of aliphatic hydroxyl groups excluding tert-OH is 1. The molecule has 1 aliphatic heterocycles. The maximum absolute atomic E-state index is 13.0. The molecule has 0 spiro atoms. The molecule has 3 aromatic rings. The molecule has 0 radical (unpaired) electrons. The molecule has 0 bridgehead atoms. The van der Waals surface area contributed by atoms with Crippen LogP contribution in [0.4, 0.5) is 5.82 Å². The van der Waals surface area contributed by atoms with Gasteiger partial charge in [-0.05, 0) is 35.9 Å². The predicted octanol–water partition coefficient (Wildman–Crippen LogP) is 4.37. The summed E-state index contributed by atoms with van der Waals surface area (Å²) in [5.74, 6) is -1.12. The van der Waals surface area contributed by atoms with Crippen molar-refractivity contribution < 1.29 is 19.4 Å². The number of aromatic nitrogens is 1. The summed E-state index contributed by atoms with van der Waals surface area (Å²) in [6, 6.07) is 17.9. The zero-order valence-electron chi connectivity index (χ0n) is 15.9. The Balaban J connectivity index is 1.93. The molecule has 0 unspecified atom stereocenters. The van der Waals surface area contributed by atoms with Gasteiger partial charge in [-0.1, -0.05) is 48.0 Å². The van der Waals surface area contributed by atoms with E-state index in [-0.39, 0.29) is 16.4 Å². The first kappa shape index (κ1) is 19.7. The number of halogens is 1. The maximum Gasteiger partial charge on any atom is 0.301 e. The van der Waals surface area contributed by atoms with Crippen LogP contribution in [0.15, 0.2) is 78.5 Å². The van der Waals surface area contributed by atoms with Crippen LogP contribution >= 0.6 is 11.6 Å². The van der Waals surface area contributed by atoms with Gasteiger partial charge in [0.2, 0.25) is 0 Å². The van der Waals surface area contributed by atoms with Crippen molar-refractivity contribution in [3.8, 4) is 5.75 Å². The number of anilines is 1. The van der Waals surface area contributed by atoms with Gasteiger partial charge in [0.1, 0.15) is 17.3 Å². The lowest BCUT2D eigenvalue weighted by atomic mass is 9.95. The molecule has 2 aromatic carbocycles. The number of ketones is 1. The Morgan fingerprint density at radius 1 is 1.07 bits per heavy atom. The molecular weight excluding hydrogens is 404 g/mol. The van der Waals surface area contributed by atoms with E-state index in [2.05, 4.69) is 4.98 Å². The van der Waals surface area contributed by atoms with Crippen molar-refractivity contribution >= 4 is 34.9 Å². The number of amides is 1. The second-order valence-electron chi connectivity index (χ2n) is 6.62. The molecule has 2 heterocycles. The molecule has 1 aliphatic rings. The predicted molar refractivity (Wildman–Crippen MR) is 113 cm³/mol. The van der Waals surface area contributed by atoms with E-state index in [0.29, 0.717) is 22.7 Å². The largest absolute Gasteiger partial charge is 0.507 e. The topological polar surface area (TPSA) is 79.7 Å². The van der Waals surface area contributed by atoms with Gasteiger partial charge in [-0.3, -0.25) is 14.5 Å². The number of nitrogens with zero attached hydrogens (tertiary/aromatic N) is 2. The van der Waals surface area contributed by atoms with Crippen LogP contribution in [0.1, 0.15) is 17.2 Å². The van der Waals surface area contributed by atoms with Crippen molar-refractivity contribution in [1.82, 2.24) is 4.98 Å². The molecule has 150 valence electrons. The van der Waals surface area contributed by atoms with Gasteiger partial charge in [-0.2, -0.15) is 0 Å². The number of Topliss-reactive ketones (excluding diaryl/α,β-unsaturated/α-hetero) is 1. The number of hydrogen-bond donors (Lipinski definition) is 1. The number of carbonyl (C=O) groups is 2. The molecule has 1 saturated heterocycles. The summed E-state index contributed by atoms with van der Waals surface area (Å²) in [4.78, 5) is 31.5. The fourth-order valence-electron chi connectivity index (χ4n) is 3.48. The number of benzene rings is 2. The molecule has 7 heteroatoms. The summed E-state index contributed by atoms with van der Waals surface area (Å²) in [5, 5.41) is 11.3. The maximum atomic E-state index is 13.0. The Kier molecular flexibility index (Phi) is 5.25. The van der Waals surface area contributed by atoms with Crippen LogP contribution in [0.2, 0.25) is 5.02 Å². The molecular formula is C23H17ClN2O4. The Morgan fingerprint density at radius 3 is 2.43 bits per heavy atom. The highest BCUT2D eigenvalue weighted by molar-refractivity contribution is 6.51. The monoisotopic (exact) mass is 420 g/mol. The number of hydrogen-bond acceptors (Lipinski definition) is 5. The second-order valence-corrected chi connectivity index (χ2v) is 7.02. The summed E-state index contributed by atoms with van der Waals surface area (Å²) >= 11 is 6.19. The summed E-state index contributed by atoms with van der Waals surface area (Å²) in [6.45, 7) is 0. The van der Waals surface area contributed by atoms with E-state index in [1.807, 2.05) is 6.07 Å². The number of rotatable bonds is 4. The van der Waals surface area contributed by atoms with Gasteiger partial charge in [0.25, 0.3) is 5.78 Å². The van der Waals surface area contributed by atoms with Gasteiger partial charge in [-0.25, -0.2) is 4.98 Å². The van der Waals surface area contributed by atoms with Crippen LogP contribution in [0.5, 0.6) is 5.75 Å². The van der Waals surface area contributed by atoms with Crippen LogP contribution in [0.25, 0.3) is 5.76 Å². The van der Waals surface area contributed by atoms with Crippen molar-refractivity contribution in [3.05, 3.63) is 94.6 Å². The van der Waals surface area contributed by atoms with E-state index in [1.165, 1.54) is 18.1 Å². The highest BCUT2D eigenvalue weighted by atomic mass is 35.5. The molecule has 0 aliphatic carbocycles. The van der Waals surface area contributed by atoms with E-state index in [1.54, 1.807) is 60.8 Å². The van der Waals surface area contributed by atoms with Crippen LogP contribution in [-0.4, -0.2) is 28.9 Å². The summed E-state index contributed by atoms with van der Waals surface area (Å²) in [7, 11) is 1.48. The first-order valence-corrected chi connectivity index (χ1v) is 9.51. The zero-order chi connectivity index (χ0) is 21.3. The van der Waals surface area contributed by atoms with Crippen LogP contribution < -0.4 is 9.64 Å². The van der Waals surface area contributed by atoms with Crippen molar-refractivity contribution in [2.45, 2.75) is 6.04 Å². The lowest BCUT2D eigenvalue weighted by molar-refractivity contribution is -0.132. The SMILES string of the molecule is COc1ccc(/C(O)=C2\C(=O)C(=O)N(c3ccccn3)[C@H]2c2ccccc2)cc1Cl. The van der Waals surface area contributed by atoms with E-state index in [9.17, 15) is 14.7 Å². The summed E-state index contributed by atoms with van der Waals surface area (Å²) in [6.07, 6.45) is 1.54. The average Bonchev–Trinajstić information content (AvgIpc) is 3.05. The van der Waals surface area contributed by atoms with Gasteiger partial charge < -0.3 is 9.84 Å². The Morgan fingerprint density at radius 2 is 1.80 bits per heavy atom. The van der Waals surface area contributed by atoms with Gasteiger partial charge in [0, 0.05) is 11.8 Å². The zero-order valence-corrected chi connectivity index (χ0v) is 16.7. The molecule has 1 atom stereocenters. The first-order valence-electron chi connectivity index (χ1n) is 9.14. The first-order chi connectivity index (χ1) is 14.5. The minimum Gasteiger partial charge on any atom is -0.507 e. The summed E-state index contributed by atoms with van der Waals surface area (Å²) < 4.78 is 5.14. The van der Waals surface area contributed by atoms with Crippen LogP contribution in [-0.2, 0) is 9.59 Å². The van der Waals surface area contributed by atoms with Gasteiger partial charge in [0.05, 0.1) is 23.7 Å². The molecule has 0 saturated carbocycles. The van der Waals surface area contributed by atoms with E-state index in [0.717, 1.165) is 0 Å². The fourth-order valence-corrected chi connectivity index (χ4v) is 3.74. The van der Waals surface area contributed by atoms with Gasteiger partial charge in [-0.15, -0.1) is 0 Å². The van der Waals surface area contributed by atoms with Crippen LogP contribution in [0.3, 0.4) is 0 Å². The minimum atomic E-state index is -0.832. The van der Waals surface area contributed by atoms with Crippen molar-refractivity contribution in [2.24, 2.45) is 0 Å². The minimum absolute atomic E-state index is 0.0295. The number of aliphatic hydroxyl groups is 1. The lowest BCUT2D eigenvalue weighted by Crippen LogP contribution is -2.30. The quantitative estimate of drug-likeness (QED) is 0.385. The number of carbonyl (C=O) groups excluding carboxylic acids is 2. The van der Waals surface area contributed by atoms with Crippen LogP contribution in [0, 0.1) is 0 Å². The Labute approximate surface area is 178 Å². The van der Waals surface area contributed by atoms with Gasteiger partial charge >= 0.3 is 5.91 Å². The lowest BCUT2D eigenvalue weighted by Gasteiger charge is -2.24. The third kappa shape index (κ3) is 3.31. The Hall–Kier alpha value is -3.64. The highest BCUT2D eigenvalue weighted by Crippen LogP contribution is 2.42. The summed E-state index contributed by atoms with van der Waals surface area (Å²) in [5.41, 5.74) is 0.947. The molecule has 1 aromatic heterocycles. The molecule has 6 nitrogen and oxygen atoms in total. The molecule has 1 N–H and O–H groups in total. The molecule has 1 fully saturated rings.